The zero-order valence-corrected chi connectivity index (χ0v) is 9.40. The SMILES string of the molecule is CC(CCC#N)(C(=O)O)c1cc(F)ccc1N. The largest absolute Gasteiger partial charge is 0.481 e. The molecule has 90 valence electrons. The molecule has 0 aliphatic carbocycles. The smallest absolute Gasteiger partial charge is 0.313 e. The molecule has 0 bridgehead atoms. The fourth-order valence-corrected chi connectivity index (χ4v) is 1.67. The molecule has 0 saturated carbocycles. The highest BCUT2D eigenvalue weighted by Crippen LogP contribution is 2.33. The van der Waals surface area contributed by atoms with Crippen molar-refractivity contribution in [1.82, 2.24) is 0 Å². The highest BCUT2D eigenvalue weighted by atomic mass is 19.1. The molecule has 0 saturated heterocycles. The Kier molecular flexibility index (Phi) is 3.69. The lowest BCUT2D eigenvalue weighted by Crippen LogP contribution is -2.33. The lowest BCUT2D eigenvalue weighted by atomic mass is 9.78. The minimum absolute atomic E-state index is 0.0682. The van der Waals surface area contributed by atoms with E-state index in [0.717, 1.165) is 6.07 Å². The van der Waals surface area contributed by atoms with Gasteiger partial charge in [-0.3, -0.25) is 4.79 Å². The van der Waals surface area contributed by atoms with Gasteiger partial charge in [-0.05, 0) is 37.1 Å². The molecule has 0 fully saturated rings. The number of nitrogen functional groups attached to an aromatic ring is 1. The number of benzene rings is 1. The fourth-order valence-electron chi connectivity index (χ4n) is 1.67. The average Bonchev–Trinajstić information content (AvgIpc) is 2.29. The molecule has 17 heavy (non-hydrogen) atoms. The molecule has 1 atom stereocenters. The first kappa shape index (κ1) is 13.0. The fraction of sp³-hybridized carbons (Fsp3) is 0.333. The summed E-state index contributed by atoms with van der Waals surface area (Å²) in [5.74, 6) is -1.66. The van der Waals surface area contributed by atoms with Crippen LogP contribution in [0.3, 0.4) is 0 Å². The van der Waals surface area contributed by atoms with Gasteiger partial charge in [-0.2, -0.15) is 5.26 Å². The molecular formula is C12H13FN2O2. The van der Waals surface area contributed by atoms with E-state index in [-0.39, 0.29) is 24.1 Å². The number of nitrogens with two attached hydrogens (primary N) is 1. The van der Waals surface area contributed by atoms with Crippen LogP contribution in [0.15, 0.2) is 18.2 Å². The second-order valence-electron chi connectivity index (χ2n) is 4.03. The van der Waals surface area contributed by atoms with Crippen LogP contribution in [0.25, 0.3) is 0 Å². The highest BCUT2D eigenvalue weighted by Gasteiger charge is 2.36. The first-order valence-electron chi connectivity index (χ1n) is 5.07. The topological polar surface area (TPSA) is 87.1 Å². The first-order valence-corrected chi connectivity index (χ1v) is 5.07. The van der Waals surface area contributed by atoms with E-state index in [2.05, 4.69) is 0 Å². The molecule has 0 spiro atoms. The van der Waals surface area contributed by atoms with Crippen LogP contribution in [0.1, 0.15) is 25.3 Å². The van der Waals surface area contributed by atoms with Crippen LogP contribution >= 0.6 is 0 Å². The Hall–Kier alpha value is -2.09. The standard InChI is InChI=1S/C12H13FN2O2/c1-12(11(16)17,5-2-6-14)9-7-8(13)3-4-10(9)15/h3-4,7H,2,5,15H2,1H3,(H,16,17). The number of anilines is 1. The Morgan fingerprint density at radius 1 is 1.65 bits per heavy atom. The number of hydrogen-bond acceptors (Lipinski definition) is 3. The second-order valence-corrected chi connectivity index (χ2v) is 4.03. The molecule has 1 aromatic rings. The third-order valence-corrected chi connectivity index (χ3v) is 2.82. The molecule has 0 amide bonds. The van der Waals surface area contributed by atoms with Gasteiger partial charge in [0.25, 0.3) is 0 Å². The van der Waals surface area contributed by atoms with Gasteiger partial charge in [-0.15, -0.1) is 0 Å². The van der Waals surface area contributed by atoms with Gasteiger partial charge < -0.3 is 10.8 Å². The van der Waals surface area contributed by atoms with E-state index in [9.17, 15) is 14.3 Å². The van der Waals surface area contributed by atoms with E-state index in [1.54, 1.807) is 0 Å². The Morgan fingerprint density at radius 3 is 2.82 bits per heavy atom. The third kappa shape index (κ3) is 2.53. The van der Waals surface area contributed by atoms with Crippen molar-refractivity contribution in [1.29, 1.82) is 5.26 Å². The van der Waals surface area contributed by atoms with Crippen molar-refractivity contribution < 1.29 is 14.3 Å². The van der Waals surface area contributed by atoms with E-state index in [1.165, 1.54) is 19.1 Å². The Bertz CT molecular complexity index is 482. The third-order valence-electron chi connectivity index (χ3n) is 2.82. The maximum absolute atomic E-state index is 13.1. The minimum Gasteiger partial charge on any atom is -0.481 e. The summed E-state index contributed by atoms with van der Waals surface area (Å²) in [4.78, 5) is 11.3. The summed E-state index contributed by atoms with van der Waals surface area (Å²) in [7, 11) is 0. The summed E-state index contributed by atoms with van der Waals surface area (Å²) >= 11 is 0. The van der Waals surface area contributed by atoms with Gasteiger partial charge in [0.1, 0.15) is 5.82 Å². The monoisotopic (exact) mass is 236 g/mol. The van der Waals surface area contributed by atoms with Crippen LogP contribution in [0.5, 0.6) is 0 Å². The number of carboxylic acid groups (broad SMARTS) is 1. The number of nitrogens with zero attached hydrogens (tertiary/aromatic N) is 1. The molecule has 1 unspecified atom stereocenters. The van der Waals surface area contributed by atoms with Crippen molar-refractivity contribution in [3.05, 3.63) is 29.6 Å². The van der Waals surface area contributed by atoms with Gasteiger partial charge in [0.2, 0.25) is 0 Å². The van der Waals surface area contributed by atoms with Crippen LogP contribution < -0.4 is 5.73 Å². The molecule has 0 aliphatic rings. The van der Waals surface area contributed by atoms with Gasteiger partial charge in [0.05, 0.1) is 11.5 Å². The summed E-state index contributed by atoms with van der Waals surface area (Å²) in [5.41, 5.74) is 4.75. The van der Waals surface area contributed by atoms with E-state index < -0.39 is 17.2 Å². The Morgan fingerprint density at radius 2 is 2.29 bits per heavy atom. The minimum atomic E-state index is -1.35. The average molecular weight is 236 g/mol. The van der Waals surface area contributed by atoms with Crippen molar-refractivity contribution in [2.24, 2.45) is 0 Å². The molecule has 0 radical (unpaired) electrons. The number of nitriles is 1. The normalized spacial score (nSPS) is 13.7. The van der Waals surface area contributed by atoms with E-state index in [0.29, 0.717) is 0 Å². The van der Waals surface area contributed by atoms with Gasteiger partial charge >= 0.3 is 5.97 Å². The lowest BCUT2D eigenvalue weighted by molar-refractivity contribution is -0.143. The van der Waals surface area contributed by atoms with Crippen LogP contribution in [-0.4, -0.2) is 11.1 Å². The second kappa shape index (κ2) is 4.83. The number of hydrogen-bond donors (Lipinski definition) is 2. The summed E-state index contributed by atoms with van der Waals surface area (Å²) < 4.78 is 13.1. The lowest BCUT2D eigenvalue weighted by Gasteiger charge is -2.25. The summed E-state index contributed by atoms with van der Waals surface area (Å²) in [6.07, 6.45) is 0.158. The van der Waals surface area contributed by atoms with E-state index in [1.807, 2.05) is 6.07 Å². The molecule has 4 nitrogen and oxygen atoms in total. The number of rotatable bonds is 4. The predicted molar refractivity (Wildman–Crippen MR) is 60.6 cm³/mol. The molecule has 0 aromatic heterocycles. The van der Waals surface area contributed by atoms with Crippen molar-refractivity contribution >= 4 is 11.7 Å². The quantitative estimate of drug-likeness (QED) is 0.783. The highest BCUT2D eigenvalue weighted by molar-refractivity contribution is 5.83. The molecule has 1 aromatic carbocycles. The van der Waals surface area contributed by atoms with Crippen molar-refractivity contribution in [3.8, 4) is 6.07 Å². The van der Waals surface area contributed by atoms with Crippen molar-refractivity contribution in [2.75, 3.05) is 5.73 Å². The molecule has 1 rings (SSSR count). The zero-order valence-electron chi connectivity index (χ0n) is 9.40. The summed E-state index contributed by atoms with van der Waals surface area (Å²) in [6.45, 7) is 1.44. The van der Waals surface area contributed by atoms with Crippen LogP contribution in [0, 0.1) is 17.1 Å². The van der Waals surface area contributed by atoms with Crippen LogP contribution in [0.2, 0.25) is 0 Å². The summed E-state index contributed by atoms with van der Waals surface area (Å²) in [6, 6.07) is 5.50. The molecule has 3 N–H and O–H groups in total. The van der Waals surface area contributed by atoms with Crippen LogP contribution in [-0.2, 0) is 10.2 Å². The van der Waals surface area contributed by atoms with Gasteiger partial charge in [-0.1, -0.05) is 0 Å². The number of carbonyl (C=O) groups is 1. The molecular weight excluding hydrogens is 223 g/mol. The Balaban J connectivity index is 3.27. The number of halogens is 1. The van der Waals surface area contributed by atoms with Crippen molar-refractivity contribution in [2.45, 2.75) is 25.2 Å². The van der Waals surface area contributed by atoms with Gasteiger partial charge in [-0.25, -0.2) is 4.39 Å². The van der Waals surface area contributed by atoms with Crippen molar-refractivity contribution in [3.63, 3.8) is 0 Å². The van der Waals surface area contributed by atoms with E-state index in [4.69, 9.17) is 11.0 Å². The predicted octanol–water partition coefficient (Wildman–Crippen LogP) is 2.05. The van der Waals surface area contributed by atoms with Gasteiger partial charge in [0, 0.05) is 12.1 Å². The molecule has 0 aliphatic heterocycles. The maximum Gasteiger partial charge on any atom is 0.313 e. The first-order chi connectivity index (χ1) is 7.91. The van der Waals surface area contributed by atoms with Gasteiger partial charge in [0.15, 0.2) is 0 Å². The zero-order chi connectivity index (χ0) is 13.1. The molecule has 5 heteroatoms. The number of aliphatic carboxylic acids is 1. The number of carboxylic acids is 1. The molecule has 0 heterocycles. The maximum atomic E-state index is 13.1. The summed E-state index contributed by atoms with van der Waals surface area (Å²) in [5, 5.41) is 17.8. The van der Waals surface area contributed by atoms with Crippen LogP contribution in [0.4, 0.5) is 10.1 Å². The van der Waals surface area contributed by atoms with E-state index >= 15 is 0 Å². The Labute approximate surface area is 98.5 Å².